The molecule has 0 aliphatic carbocycles. The molecule has 2 aliphatic heterocycles. The molecular weight excluding hydrogens is 192 g/mol. The predicted octanol–water partition coefficient (Wildman–Crippen LogP) is 1.42. The van der Waals surface area contributed by atoms with Crippen LogP contribution in [-0.4, -0.2) is 31.6 Å². The monoisotopic (exact) mass is 208 g/mol. The van der Waals surface area contributed by atoms with Crippen LogP contribution in [0.5, 0.6) is 0 Å². The van der Waals surface area contributed by atoms with E-state index in [1.165, 1.54) is 25.9 Å². The van der Waals surface area contributed by atoms with E-state index >= 15 is 0 Å². The minimum Gasteiger partial charge on any atom is -0.314 e. The van der Waals surface area contributed by atoms with Crippen LogP contribution in [0.3, 0.4) is 0 Å². The highest BCUT2D eigenvalue weighted by molar-refractivity contribution is 7.10. The molecule has 1 saturated heterocycles. The van der Waals surface area contributed by atoms with Crippen molar-refractivity contribution in [3.05, 3.63) is 21.9 Å². The van der Waals surface area contributed by atoms with E-state index in [0.717, 1.165) is 6.54 Å². The number of nitrogens with zero attached hydrogens (tertiary/aromatic N) is 1. The van der Waals surface area contributed by atoms with E-state index in [4.69, 9.17) is 0 Å². The molecule has 2 aliphatic rings. The summed E-state index contributed by atoms with van der Waals surface area (Å²) in [5.41, 5.74) is 1.93. The lowest BCUT2D eigenvalue weighted by Crippen LogP contribution is -2.49. The van der Waals surface area contributed by atoms with E-state index < -0.39 is 0 Å². The molecule has 3 heteroatoms. The Morgan fingerprint density at radius 2 is 2.50 bits per heavy atom. The van der Waals surface area contributed by atoms with Gasteiger partial charge in [0.05, 0.1) is 5.54 Å². The van der Waals surface area contributed by atoms with Crippen molar-refractivity contribution in [2.24, 2.45) is 0 Å². The maximum Gasteiger partial charge on any atom is 0.0692 e. The smallest absolute Gasteiger partial charge is 0.0692 e. The first-order chi connectivity index (χ1) is 6.83. The molecule has 2 nitrogen and oxygen atoms in total. The number of hydrogen-bond acceptors (Lipinski definition) is 3. The van der Waals surface area contributed by atoms with Gasteiger partial charge in [-0.15, -0.1) is 11.3 Å². The zero-order valence-corrected chi connectivity index (χ0v) is 9.36. The number of nitrogens with one attached hydrogen (secondary N) is 1. The van der Waals surface area contributed by atoms with Crippen LogP contribution in [0, 0.1) is 0 Å². The van der Waals surface area contributed by atoms with Crippen molar-refractivity contribution in [2.45, 2.75) is 18.4 Å². The van der Waals surface area contributed by atoms with Gasteiger partial charge in [0.15, 0.2) is 0 Å². The molecule has 0 saturated carbocycles. The van der Waals surface area contributed by atoms with Gasteiger partial charge in [0, 0.05) is 18.0 Å². The number of likely N-dealkylation sites (N-methyl/N-ethyl adjacent to an activating group) is 1. The van der Waals surface area contributed by atoms with Gasteiger partial charge in [-0.1, -0.05) is 0 Å². The number of thiophene rings is 1. The lowest BCUT2D eigenvalue weighted by molar-refractivity contribution is 0.129. The summed E-state index contributed by atoms with van der Waals surface area (Å²) in [6, 6.07) is 2.31. The molecule has 1 aromatic heterocycles. The molecule has 76 valence electrons. The second-order valence-corrected chi connectivity index (χ2v) is 5.32. The fourth-order valence-electron chi connectivity index (χ4n) is 2.81. The number of rotatable bonds is 0. The predicted molar refractivity (Wildman–Crippen MR) is 59.8 cm³/mol. The molecule has 1 atom stereocenters. The zero-order chi connectivity index (χ0) is 9.60. The molecule has 0 unspecified atom stereocenters. The van der Waals surface area contributed by atoms with Crippen LogP contribution in [0.4, 0.5) is 0 Å². The van der Waals surface area contributed by atoms with Gasteiger partial charge in [-0.3, -0.25) is 4.90 Å². The highest BCUT2D eigenvalue weighted by Gasteiger charge is 2.43. The summed E-state index contributed by atoms with van der Waals surface area (Å²) in [5, 5.41) is 5.76. The first-order valence-corrected chi connectivity index (χ1v) is 6.20. The van der Waals surface area contributed by atoms with Crippen LogP contribution in [0.2, 0.25) is 0 Å². The van der Waals surface area contributed by atoms with Crippen LogP contribution >= 0.6 is 11.3 Å². The summed E-state index contributed by atoms with van der Waals surface area (Å²) in [6.07, 6.45) is 2.51. The molecule has 0 aromatic carbocycles. The van der Waals surface area contributed by atoms with Crippen LogP contribution < -0.4 is 5.32 Å². The Balaban J connectivity index is 2.11. The second kappa shape index (κ2) is 3.05. The average molecular weight is 208 g/mol. The van der Waals surface area contributed by atoms with Crippen LogP contribution in [0.1, 0.15) is 16.9 Å². The first-order valence-electron chi connectivity index (χ1n) is 5.32. The standard InChI is InChI=1S/C11H16N2S/c1-13-6-2-9-3-7-14-10(9)11(13)4-5-12-8-11/h3,7,12H,2,4-6,8H2,1H3/t11-/m1/s1. The van der Waals surface area contributed by atoms with Crippen molar-refractivity contribution in [1.82, 2.24) is 10.2 Å². The molecule has 1 spiro atoms. The van der Waals surface area contributed by atoms with E-state index in [-0.39, 0.29) is 0 Å². The van der Waals surface area contributed by atoms with Crippen molar-refractivity contribution in [1.29, 1.82) is 0 Å². The molecule has 0 bridgehead atoms. The summed E-state index contributed by atoms with van der Waals surface area (Å²) >= 11 is 1.94. The lowest BCUT2D eigenvalue weighted by Gasteiger charge is -2.42. The fourth-order valence-corrected chi connectivity index (χ4v) is 4.05. The maximum absolute atomic E-state index is 3.51. The van der Waals surface area contributed by atoms with Crippen molar-refractivity contribution >= 4 is 11.3 Å². The van der Waals surface area contributed by atoms with Gasteiger partial charge in [0.1, 0.15) is 0 Å². The van der Waals surface area contributed by atoms with Crippen LogP contribution in [0.15, 0.2) is 11.4 Å². The third-order valence-corrected chi connectivity index (χ3v) is 4.90. The second-order valence-electron chi connectivity index (χ2n) is 4.40. The molecule has 14 heavy (non-hydrogen) atoms. The van der Waals surface area contributed by atoms with Gasteiger partial charge in [0.25, 0.3) is 0 Å². The Bertz CT molecular complexity index is 339. The minimum atomic E-state index is 0.335. The largest absolute Gasteiger partial charge is 0.314 e. The van der Waals surface area contributed by atoms with Gasteiger partial charge >= 0.3 is 0 Å². The minimum absolute atomic E-state index is 0.335. The molecule has 3 rings (SSSR count). The Labute approximate surface area is 88.9 Å². The summed E-state index contributed by atoms with van der Waals surface area (Å²) in [7, 11) is 2.27. The quantitative estimate of drug-likeness (QED) is 0.694. The number of fused-ring (bicyclic) bond motifs is 2. The number of hydrogen-bond donors (Lipinski definition) is 1. The highest BCUT2D eigenvalue weighted by Crippen LogP contribution is 2.41. The van der Waals surface area contributed by atoms with Crippen LogP contribution in [-0.2, 0) is 12.0 Å². The van der Waals surface area contributed by atoms with E-state index in [1.807, 2.05) is 11.3 Å². The van der Waals surface area contributed by atoms with Crippen molar-refractivity contribution in [3.8, 4) is 0 Å². The lowest BCUT2D eigenvalue weighted by atomic mass is 9.87. The van der Waals surface area contributed by atoms with Gasteiger partial charge in [0.2, 0.25) is 0 Å². The van der Waals surface area contributed by atoms with Crippen molar-refractivity contribution in [3.63, 3.8) is 0 Å². The molecule has 1 fully saturated rings. The summed E-state index contributed by atoms with van der Waals surface area (Å²) in [5.74, 6) is 0. The summed E-state index contributed by atoms with van der Waals surface area (Å²) in [4.78, 5) is 4.17. The Morgan fingerprint density at radius 1 is 1.57 bits per heavy atom. The first kappa shape index (κ1) is 8.89. The Hall–Kier alpha value is -0.380. The van der Waals surface area contributed by atoms with Gasteiger partial charge in [-0.05, 0) is 43.4 Å². The normalized spacial score (nSPS) is 32.4. The molecule has 1 aromatic rings. The van der Waals surface area contributed by atoms with Gasteiger partial charge in [-0.25, -0.2) is 0 Å². The molecule has 3 heterocycles. The van der Waals surface area contributed by atoms with E-state index in [0.29, 0.717) is 5.54 Å². The van der Waals surface area contributed by atoms with Gasteiger partial charge in [-0.2, -0.15) is 0 Å². The molecular formula is C11H16N2S. The van der Waals surface area contributed by atoms with E-state index in [2.05, 4.69) is 28.7 Å². The average Bonchev–Trinajstić information content (AvgIpc) is 2.82. The summed E-state index contributed by atoms with van der Waals surface area (Å²) < 4.78 is 0. The Kier molecular flexibility index (Phi) is 1.94. The Morgan fingerprint density at radius 3 is 3.29 bits per heavy atom. The highest BCUT2D eigenvalue weighted by atomic mass is 32.1. The van der Waals surface area contributed by atoms with E-state index in [1.54, 1.807) is 10.4 Å². The fraction of sp³-hybridized carbons (Fsp3) is 0.636. The molecule has 0 radical (unpaired) electrons. The molecule has 0 amide bonds. The van der Waals surface area contributed by atoms with Crippen LogP contribution in [0.25, 0.3) is 0 Å². The summed E-state index contributed by atoms with van der Waals surface area (Å²) in [6.45, 7) is 3.52. The van der Waals surface area contributed by atoms with E-state index in [9.17, 15) is 0 Å². The molecule has 1 N–H and O–H groups in total. The van der Waals surface area contributed by atoms with Crippen molar-refractivity contribution < 1.29 is 0 Å². The third-order valence-electron chi connectivity index (χ3n) is 3.75. The van der Waals surface area contributed by atoms with Gasteiger partial charge < -0.3 is 5.32 Å². The topological polar surface area (TPSA) is 15.3 Å². The third kappa shape index (κ3) is 1.03. The van der Waals surface area contributed by atoms with Crippen molar-refractivity contribution in [2.75, 3.05) is 26.7 Å². The zero-order valence-electron chi connectivity index (χ0n) is 8.55. The maximum atomic E-state index is 3.51. The SMILES string of the molecule is CN1CCc2ccsc2[C@]12CCNC2.